The third kappa shape index (κ3) is 5.64. The third-order valence-corrected chi connectivity index (χ3v) is 4.83. The molecule has 3 rings (SSSR count). The fraction of sp³-hybridized carbons (Fsp3) is 0.391. The Labute approximate surface area is 171 Å². The standard InChI is InChI=1S/C23H27FN2O3/c1-17(2)14-26(23(28)19-8-10-20(24)11-9-19)16-21-15-25(12-13-29-21)22(27)18-6-4-3-5-7-18/h3-11,17,21H,12-16H2,1-2H3. The first kappa shape index (κ1) is 21.0. The lowest BCUT2D eigenvalue weighted by Gasteiger charge is -2.36. The quantitative estimate of drug-likeness (QED) is 0.749. The van der Waals surface area contributed by atoms with E-state index in [0.29, 0.717) is 43.9 Å². The predicted molar refractivity (Wildman–Crippen MR) is 109 cm³/mol. The minimum absolute atomic E-state index is 0.0285. The third-order valence-electron chi connectivity index (χ3n) is 4.83. The van der Waals surface area contributed by atoms with Gasteiger partial charge in [0.1, 0.15) is 5.82 Å². The van der Waals surface area contributed by atoms with Crippen molar-refractivity contribution >= 4 is 11.8 Å². The number of morpholine rings is 1. The van der Waals surface area contributed by atoms with Crippen molar-refractivity contribution in [2.24, 2.45) is 5.92 Å². The normalized spacial score (nSPS) is 16.7. The Kier molecular flexibility index (Phi) is 6.99. The van der Waals surface area contributed by atoms with Crippen molar-refractivity contribution in [3.63, 3.8) is 0 Å². The van der Waals surface area contributed by atoms with Crippen LogP contribution in [0.1, 0.15) is 34.6 Å². The van der Waals surface area contributed by atoms with Gasteiger partial charge in [0.2, 0.25) is 0 Å². The Morgan fingerprint density at radius 3 is 2.45 bits per heavy atom. The Bertz CT molecular complexity index is 824. The zero-order valence-electron chi connectivity index (χ0n) is 16.9. The summed E-state index contributed by atoms with van der Waals surface area (Å²) in [7, 11) is 0. The number of carbonyl (C=O) groups is 2. The lowest BCUT2D eigenvalue weighted by molar-refractivity contribution is -0.0340. The number of hydrogen-bond donors (Lipinski definition) is 0. The number of nitrogens with zero attached hydrogens (tertiary/aromatic N) is 2. The van der Waals surface area contributed by atoms with Crippen LogP contribution in [0.3, 0.4) is 0 Å². The van der Waals surface area contributed by atoms with Crippen molar-refractivity contribution in [2.45, 2.75) is 20.0 Å². The van der Waals surface area contributed by atoms with Crippen LogP contribution >= 0.6 is 0 Å². The lowest BCUT2D eigenvalue weighted by Crippen LogP contribution is -2.51. The van der Waals surface area contributed by atoms with Crippen LogP contribution in [0.15, 0.2) is 54.6 Å². The average Bonchev–Trinajstić information content (AvgIpc) is 2.73. The van der Waals surface area contributed by atoms with Gasteiger partial charge in [-0.15, -0.1) is 0 Å². The number of hydrogen-bond acceptors (Lipinski definition) is 3. The summed E-state index contributed by atoms with van der Waals surface area (Å²) < 4.78 is 19.1. The van der Waals surface area contributed by atoms with E-state index in [-0.39, 0.29) is 29.7 Å². The van der Waals surface area contributed by atoms with E-state index in [9.17, 15) is 14.0 Å². The minimum atomic E-state index is -0.373. The Morgan fingerprint density at radius 2 is 1.79 bits per heavy atom. The van der Waals surface area contributed by atoms with Gasteiger partial charge in [-0.3, -0.25) is 9.59 Å². The largest absolute Gasteiger partial charge is 0.373 e. The second-order valence-corrected chi connectivity index (χ2v) is 7.72. The Balaban J connectivity index is 1.69. The molecule has 1 aliphatic rings. The van der Waals surface area contributed by atoms with Crippen molar-refractivity contribution in [1.82, 2.24) is 9.80 Å². The van der Waals surface area contributed by atoms with E-state index in [1.807, 2.05) is 32.0 Å². The van der Waals surface area contributed by atoms with Gasteiger partial charge in [-0.2, -0.15) is 0 Å². The smallest absolute Gasteiger partial charge is 0.254 e. The molecular formula is C23H27FN2O3. The highest BCUT2D eigenvalue weighted by molar-refractivity contribution is 5.95. The summed E-state index contributed by atoms with van der Waals surface area (Å²) in [5.41, 5.74) is 1.09. The minimum Gasteiger partial charge on any atom is -0.373 e. The first-order valence-electron chi connectivity index (χ1n) is 9.95. The van der Waals surface area contributed by atoms with Gasteiger partial charge in [0.15, 0.2) is 0 Å². The molecule has 154 valence electrons. The number of amides is 2. The van der Waals surface area contributed by atoms with Crippen LogP contribution in [0.4, 0.5) is 4.39 Å². The van der Waals surface area contributed by atoms with Crippen LogP contribution in [0, 0.1) is 11.7 Å². The lowest BCUT2D eigenvalue weighted by atomic mass is 10.1. The van der Waals surface area contributed by atoms with E-state index in [1.54, 1.807) is 21.9 Å². The van der Waals surface area contributed by atoms with Gasteiger partial charge in [0.25, 0.3) is 11.8 Å². The van der Waals surface area contributed by atoms with Crippen LogP contribution < -0.4 is 0 Å². The van der Waals surface area contributed by atoms with E-state index in [1.165, 1.54) is 24.3 Å². The van der Waals surface area contributed by atoms with E-state index in [4.69, 9.17) is 4.74 Å². The zero-order valence-corrected chi connectivity index (χ0v) is 16.9. The van der Waals surface area contributed by atoms with Gasteiger partial charge < -0.3 is 14.5 Å². The van der Waals surface area contributed by atoms with Gasteiger partial charge in [0, 0.05) is 37.3 Å². The highest BCUT2D eigenvalue weighted by Crippen LogP contribution is 2.15. The highest BCUT2D eigenvalue weighted by Gasteiger charge is 2.28. The molecule has 1 saturated heterocycles. The summed E-state index contributed by atoms with van der Waals surface area (Å²) in [6.07, 6.45) is -0.264. The maximum Gasteiger partial charge on any atom is 0.254 e. The fourth-order valence-corrected chi connectivity index (χ4v) is 3.48. The number of ether oxygens (including phenoxy) is 1. The van der Waals surface area contributed by atoms with Crippen LogP contribution in [-0.2, 0) is 4.74 Å². The van der Waals surface area contributed by atoms with Crippen LogP contribution in [0.25, 0.3) is 0 Å². The molecule has 2 aromatic rings. The maximum atomic E-state index is 13.2. The number of benzene rings is 2. The number of carbonyl (C=O) groups excluding carboxylic acids is 2. The average molecular weight is 398 g/mol. The summed E-state index contributed by atoms with van der Waals surface area (Å²) in [6.45, 7) is 6.41. The van der Waals surface area contributed by atoms with Crippen LogP contribution in [-0.4, -0.2) is 60.5 Å². The molecule has 0 aliphatic carbocycles. The Morgan fingerprint density at radius 1 is 1.10 bits per heavy atom. The van der Waals surface area contributed by atoms with Crippen LogP contribution in [0.2, 0.25) is 0 Å². The first-order valence-corrected chi connectivity index (χ1v) is 9.95. The van der Waals surface area contributed by atoms with Crippen molar-refractivity contribution in [3.8, 4) is 0 Å². The summed E-state index contributed by atoms with van der Waals surface area (Å²) >= 11 is 0. The molecule has 0 aromatic heterocycles. The zero-order chi connectivity index (χ0) is 20.8. The molecule has 0 N–H and O–H groups in total. The molecule has 2 amide bonds. The van der Waals surface area contributed by atoms with Crippen LogP contribution in [0.5, 0.6) is 0 Å². The molecule has 1 atom stereocenters. The number of rotatable bonds is 6. The topological polar surface area (TPSA) is 49.9 Å². The molecule has 29 heavy (non-hydrogen) atoms. The molecule has 1 heterocycles. The SMILES string of the molecule is CC(C)CN(CC1CN(C(=O)c2ccccc2)CCO1)C(=O)c1ccc(F)cc1. The Hall–Kier alpha value is -2.73. The van der Waals surface area contributed by atoms with Gasteiger partial charge in [-0.05, 0) is 42.3 Å². The summed E-state index contributed by atoms with van der Waals surface area (Å²) in [4.78, 5) is 29.2. The molecular weight excluding hydrogens is 371 g/mol. The monoisotopic (exact) mass is 398 g/mol. The highest BCUT2D eigenvalue weighted by atomic mass is 19.1. The van der Waals surface area contributed by atoms with E-state index in [0.717, 1.165) is 0 Å². The van der Waals surface area contributed by atoms with Crippen molar-refractivity contribution < 1.29 is 18.7 Å². The van der Waals surface area contributed by atoms with Gasteiger partial charge >= 0.3 is 0 Å². The van der Waals surface area contributed by atoms with Gasteiger partial charge in [-0.25, -0.2) is 4.39 Å². The molecule has 1 aliphatic heterocycles. The fourth-order valence-electron chi connectivity index (χ4n) is 3.48. The van der Waals surface area contributed by atoms with Crippen molar-refractivity contribution in [3.05, 3.63) is 71.5 Å². The molecule has 5 nitrogen and oxygen atoms in total. The molecule has 0 spiro atoms. The van der Waals surface area contributed by atoms with E-state index < -0.39 is 0 Å². The van der Waals surface area contributed by atoms with Crippen molar-refractivity contribution in [1.29, 1.82) is 0 Å². The molecule has 0 saturated carbocycles. The second kappa shape index (κ2) is 9.65. The first-order chi connectivity index (χ1) is 13.9. The molecule has 2 aromatic carbocycles. The maximum absolute atomic E-state index is 13.2. The second-order valence-electron chi connectivity index (χ2n) is 7.72. The molecule has 0 radical (unpaired) electrons. The van der Waals surface area contributed by atoms with Gasteiger partial charge in [0.05, 0.1) is 12.7 Å². The summed E-state index contributed by atoms with van der Waals surface area (Å²) in [5, 5.41) is 0. The molecule has 6 heteroatoms. The van der Waals surface area contributed by atoms with E-state index in [2.05, 4.69) is 0 Å². The summed E-state index contributed by atoms with van der Waals surface area (Å²) in [5.74, 6) is -0.291. The number of halogens is 1. The van der Waals surface area contributed by atoms with E-state index >= 15 is 0 Å². The molecule has 1 unspecified atom stereocenters. The molecule has 0 bridgehead atoms. The van der Waals surface area contributed by atoms with Gasteiger partial charge in [-0.1, -0.05) is 32.0 Å². The molecule has 1 fully saturated rings. The predicted octanol–water partition coefficient (Wildman–Crippen LogP) is 3.47. The van der Waals surface area contributed by atoms with Crippen molar-refractivity contribution in [2.75, 3.05) is 32.8 Å². The summed E-state index contributed by atoms with van der Waals surface area (Å²) in [6, 6.07) is 14.7.